The lowest BCUT2D eigenvalue weighted by atomic mass is 9.81. The van der Waals surface area contributed by atoms with Gasteiger partial charge in [0.1, 0.15) is 0 Å². The van der Waals surface area contributed by atoms with E-state index in [0.29, 0.717) is 6.10 Å². The standard InChI is InChI=1S/C14H26N2O2/c1-2-18-12-6-10-16(11-7-12)13(17)14(15)8-4-3-5-9-14/h12H,2-11,15H2,1H3. The number of carbonyl (C=O) groups excluding carboxylic acids is 1. The van der Waals surface area contributed by atoms with Crippen LogP contribution in [0.1, 0.15) is 51.9 Å². The van der Waals surface area contributed by atoms with Crippen molar-refractivity contribution in [3.63, 3.8) is 0 Å². The van der Waals surface area contributed by atoms with Gasteiger partial charge in [-0.05, 0) is 32.6 Å². The Morgan fingerprint density at radius 3 is 2.44 bits per heavy atom. The van der Waals surface area contributed by atoms with Crippen molar-refractivity contribution in [2.75, 3.05) is 19.7 Å². The molecule has 2 rings (SSSR count). The third-order valence-electron chi connectivity index (χ3n) is 4.30. The summed E-state index contributed by atoms with van der Waals surface area (Å²) < 4.78 is 5.61. The summed E-state index contributed by atoms with van der Waals surface area (Å²) >= 11 is 0. The molecule has 18 heavy (non-hydrogen) atoms. The fourth-order valence-corrected chi connectivity index (χ4v) is 3.17. The van der Waals surface area contributed by atoms with Crippen LogP contribution in [0.15, 0.2) is 0 Å². The molecule has 1 amide bonds. The average molecular weight is 254 g/mol. The maximum atomic E-state index is 12.5. The normalized spacial score (nSPS) is 25.1. The zero-order valence-electron chi connectivity index (χ0n) is 11.5. The second-order valence-electron chi connectivity index (χ2n) is 5.66. The van der Waals surface area contributed by atoms with E-state index in [1.807, 2.05) is 11.8 Å². The van der Waals surface area contributed by atoms with Gasteiger partial charge in [0.2, 0.25) is 5.91 Å². The summed E-state index contributed by atoms with van der Waals surface area (Å²) in [7, 11) is 0. The Balaban J connectivity index is 1.86. The molecule has 1 saturated carbocycles. The first kappa shape index (κ1) is 13.8. The van der Waals surface area contributed by atoms with Crippen LogP contribution in [-0.2, 0) is 9.53 Å². The van der Waals surface area contributed by atoms with Crippen molar-refractivity contribution in [2.24, 2.45) is 5.73 Å². The van der Waals surface area contributed by atoms with Crippen LogP contribution in [0.25, 0.3) is 0 Å². The minimum Gasteiger partial charge on any atom is -0.378 e. The Kier molecular flexibility index (Phi) is 4.62. The van der Waals surface area contributed by atoms with Gasteiger partial charge in [-0.2, -0.15) is 0 Å². The summed E-state index contributed by atoms with van der Waals surface area (Å²) in [6.45, 7) is 4.40. The molecule has 0 atom stereocenters. The number of hydrogen-bond donors (Lipinski definition) is 1. The molecular weight excluding hydrogens is 228 g/mol. The van der Waals surface area contributed by atoms with E-state index in [-0.39, 0.29) is 5.91 Å². The second kappa shape index (κ2) is 6.02. The van der Waals surface area contributed by atoms with Crippen LogP contribution in [0.3, 0.4) is 0 Å². The SMILES string of the molecule is CCOC1CCN(C(=O)C2(N)CCCCC2)CC1. The summed E-state index contributed by atoms with van der Waals surface area (Å²) in [5, 5.41) is 0. The molecule has 4 heteroatoms. The fourth-order valence-electron chi connectivity index (χ4n) is 3.17. The van der Waals surface area contributed by atoms with Crippen molar-refractivity contribution < 1.29 is 9.53 Å². The minimum absolute atomic E-state index is 0.178. The first-order valence-electron chi connectivity index (χ1n) is 7.35. The first-order chi connectivity index (χ1) is 8.65. The molecule has 4 nitrogen and oxygen atoms in total. The number of nitrogens with zero attached hydrogens (tertiary/aromatic N) is 1. The zero-order valence-corrected chi connectivity index (χ0v) is 11.5. The molecule has 2 fully saturated rings. The maximum absolute atomic E-state index is 12.5. The number of rotatable bonds is 3. The highest BCUT2D eigenvalue weighted by molar-refractivity contribution is 5.86. The lowest BCUT2D eigenvalue weighted by Crippen LogP contribution is -2.58. The van der Waals surface area contributed by atoms with Crippen LogP contribution in [0, 0.1) is 0 Å². The largest absolute Gasteiger partial charge is 0.378 e. The molecule has 0 spiro atoms. The van der Waals surface area contributed by atoms with E-state index in [1.54, 1.807) is 0 Å². The van der Waals surface area contributed by atoms with Gasteiger partial charge < -0.3 is 15.4 Å². The summed E-state index contributed by atoms with van der Waals surface area (Å²) in [5.41, 5.74) is 5.73. The predicted molar refractivity (Wildman–Crippen MR) is 71.2 cm³/mol. The average Bonchev–Trinajstić information content (AvgIpc) is 2.40. The number of hydrogen-bond acceptors (Lipinski definition) is 3. The molecule has 0 radical (unpaired) electrons. The zero-order chi connectivity index (χ0) is 13.0. The molecule has 1 aliphatic heterocycles. The lowest BCUT2D eigenvalue weighted by Gasteiger charge is -2.39. The number of amides is 1. The fraction of sp³-hybridized carbons (Fsp3) is 0.929. The van der Waals surface area contributed by atoms with Crippen LogP contribution in [0.5, 0.6) is 0 Å². The molecule has 104 valence electrons. The Labute approximate surface area is 110 Å². The van der Waals surface area contributed by atoms with E-state index in [0.717, 1.165) is 58.2 Å². The summed E-state index contributed by atoms with van der Waals surface area (Å²) in [6.07, 6.45) is 7.37. The van der Waals surface area contributed by atoms with E-state index in [1.165, 1.54) is 6.42 Å². The predicted octanol–water partition coefficient (Wildman–Crippen LogP) is 1.68. The van der Waals surface area contributed by atoms with Gasteiger partial charge in [-0.3, -0.25) is 4.79 Å². The summed E-state index contributed by atoms with van der Waals surface area (Å²) in [4.78, 5) is 14.5. The van der Waals surface area contributed by atoms with Gasteiger partial charge in [0, 0.05) is 19.7 Å². The summed E-state index contributed by atoms with van der Waals surface area (Å²) in [6, 6.07) is 0. The number of ether oxygens (including phenoxy) is 1. The van der Waals surface area contributed by atoms with Gasteiger partial charge in [-0.1, -0.05) is 19.3 Å². The number of likely N-dealkylation sites (tertiary alicyclic amines) is 1. The molecule has 0 unspecified atom stereocenters. The molecule has 1 saturated heterocycles. The second-order valence-corrected chi connectivity index (χ2v) is 5.66. The third-order valence-corrected chi connectivity index (χ3v) is 4.30. The van der Waals surface area contributed by atoms with E-state index in [4.69, 9.17) is 10.5 Å². The highest BCUT2D eigenvalue weighted by Gasteiger charge is 2.39. The van der Waals surface area contributed by atoms with E-state index in [9.17, 15) is 4.79 Å². The van der Waals surface area contributed by atoms with Gasteiger partial charge in [-0.25, -0.2) is 0 Å². The van der Waals surface area contributed by atoms with E-state index < -0.39 is 5.54 Å². The molecular formula is C14H26N2O2. The van der Waals surface area contributed by atoms with Crippen molar-refractivity contribution in [1.29, 1.82) is 0 Å². The van der Waals surface area contributed by atoms with E-state index in [2.05, 4.69) is 0 Å². The van der Waals surface area contributed by atoms with Crippen LogP contribution < -0.4 is 5.73 Å². The van der Waals surface area contributed by atoms with Crippen LogP contribution in [-0.4, -0.2) is 42.1 Å². The molecule has 1 aliphatic carbocycles. The molecule has 1 heterocycles. The van der Waals surface area contributed by atoms with Crippen molar-refractivity contribution in [3.05, 3.63) is 0 Å². The first-order valence-corrected chi connectivity index (χ1v) is 7.35. The van der Waals surface area contributed by atoms with Crippen LogP contribution in [0.4, 0.5) is 0 Å². The van der Waals surface area contributed by atoms with Crippen LogP contribution in [0.2, 0.25) is 0 Å². The van der Waals surface area contributed by atoms with Crippen molar-refractivity contribution >= 4 is 5.91 Å². The van der Waals surface area contributed by atoms with Crippen molar-refractivity contribution in [3.8, 4) is 0 Å². The Bertz CT molecular complexity index is 280. The molecule has 0 bridgehead atoms. The number of carbonyl (C=O) groups is 1. The lowest BCUT2D eigenvalue weighted by molar-refractivity contribution is -0.140. The Hall–Kier alpha value is -0.610. The van der Waals surface area contributed by atoms with Gasteiger partial charge in [0.05, 0.1) is 11.6 Å². The topological polar surface area (TPSA) is 55.6 Å². The molecule has 0 aromatic carbocycles. The molecule has 0 aromatic rings. The number of piperidine rings is 1. The maximum Gasteiger partial charge on any atom is 0.242 e. The summed E-state index contributed by atoms with van der Waals surface area (Å²) in [5.74, 6) is 0.178. The highest BCUT2D eigenvalue weighted by Crippen LogP contribution is 2.29. The van der Waals surface area contributed by atoms with Crippen molar-refractivity contribution in [1.82, 2.24) is 4.90 Å². The third kappa shape index (κ3) is 3.04. The van der Waals surface area contributed by atoms with E-state index >= 15 is 0 Å². The molecule has 2 aliphatic rings. The smallest absolute Gasteiger partial charge is 0.242 e. The minimum atomic E-state index is -0.573. The van der Waals surface area contributed by atoms with Gasteiger partial charge in [0.15, 0.2) is 0 Å². The van der Waals surface area contributed by atoms with Gasteiger partial charge in [0.25, 0.3) is 0 Å². The van der Waals surface area contributed by atoms with Crippen LogP contribution >= 0.6 is 0 Å². The Morgan fingerprint density at radius 1 is 1.28 bits per heavy atom. The Morgan fingerprint density at radius 2 is 1.89 bits per heavy atom. The molecule has 2 N–H and O–H groups in total. The molecule has 0 aromatic heterocycles. The highest BCUT2D eigenvalue weighted by atomic mass is 16.5. The van der Waals surface area contributed by atoms with Gasteiger partial charge in [-0.15, -0.1) is 0 Å². The van der Waals surface area contributed by atoms with Crippen molar-refractivity contribution in [2.45, 2.75) is 63.5 Å². The monoisotopic (exact) mass is 254 g/mol. The number of nitrogens with two attached hydrogens (primary N) is 1. The van der Waals surface area contributed by atoms with Gasteiger partial charge >= 0.3 is 0 Å². The quantitative estimate of drug-likeness (QED) is 0.833.